The van der Waals surface area contributed by atoms with Crippen molar-refractivity contribution in [3.05, 3.63) is 44.6 Å². The fraction of sp³-hybridized carbons (Fsp3) is 0.312. The Morgan fingerprint density at radius 2 is 2.09 bits per heavy atom. The minimum Gasteiger partial charge on any atom is -0.493 e. The molecule has 0 radical (unpaired) electrons. The third-order valence-corrected chi connectivity index (χ3v) is 4.69. The highest BCUT2D eigenvalue weighted by Gasteiger charge is 2.11. The van der Waals surface area contributed by atoms with Gasteiger partial charge in [0.25, 0.3) is 5.91 Å². The lowest BCUT2D eigenvalue weighted by Crippen LogP contribution is -2.25. The number of methoxy groups -OCH3 is 1. The highest BCUT2D eigenvalue weighted by Crippen LogP contribution is 2.28. The van der Waals surface area contributed by atoms with Crippen molar-refractivity contribution in [3.8, 4) is 11.5 Å². The molecule has 0 saturated carbocycles. The van der Waals surface area contributed by atoms with Gasteiger partial charge in [-0.15, -0.1) is 11.3 Å². The molecule has 1 aromatic carbocycles. The fourth-order valence-electron chi connectivity index (χ4n) is 1.97. The van der Waals surface area contributed by atoms with Crippen LogP contribution in [0.5, 0.6) is 11.5 Å². The maximum absolute atomic E-state index is 12.2. The van der Waals surface area contributed by atoms with E-state index in [0.29, 0.717) is 30.2 Å². The molecule has 118 valence electrons. The van der Waals surface area contributed by atoms with Gasteiger partial charge in [-0.05, 0) is 59.6 Å². The summed E-state index contributed by atoms with van der Waals surface area (Å²) in [6.07, 6.45) is 0.816. The molecule has 2 aromatic rings. The molecule has 0 unspecified atom stereocenters. The van der Waals surface area contributed by atoms with E-state index in [1.54, 1.807) is 36.6 Å². The summed E-state index contributed by atoms with van der Waals surface area (Å²) < 4.78 is 11.8. The van der Waals surface area contributed by atoms with Crippen LogP contribution in [-0.4, -0.2) is 26.2 Å². The Morgan fingerprint density at radius 1 is 1.27 bits per heavy atom. The van der Waals surface area contributed by atoms with Gasteiger partial charge in [-0.3, -0.25) is 4.79 Å². The minimum atomic E-state index is -0.112. The summed E-state index contributed by atoms with van der Waals surface area (Å²) in [7, 11) is 1.58. The third-order valence-electron chi connectivity index (χ3n) is 3.01. The van der Waals surface area contributed by atoms with E-state index in [-0.39, 0.29) is 5.91 Å². The minimum absolute atomic E-state index is 0.112. The summed E-state index contributed by atoms with van der Waals surface area (Å²) in [5.74, 6) is 1.10. The number of rotatable bonds is 7. The average molecular weight is 384 g/mol. The second-order valence-corrected chi connectivity index (χ2v) is 7.06. The molecular weight excluding hydrogens is 366 g/mol. The fourth-order valence-corrected chi connectivity index (χ4v) is 3.46. The number of benzene rings is 1. The first-order chi connectivity index (χ1) is 10.6. The number of halogens is 1. The monoisotopic (exact) mass is 383 g/mol. The molecule has 1 heterocycles. The molecule has 0 saturated heterocycles. The first-order valence-electron chi connectivity index (χ1n) is 6.97. The van der Waals surface area contributed by atoms with E-state index < -0.39 is 0 Å². The first kappa shape index (κ1) is 16.8. The number of carbonyl (C=O) groups is 1. The predicted octanol–water partition coefficient (Wildman–Crippen LogP) is 3.89. The predicted molar refractivity (Wildman–Crippen MR) is 92.2 cm³/mol. The van der Waals surface area contributed by atoms with E-state index in [1.165, 1.54) is 4.88 Å². The van der Waals surface area contributed by atoms with Crippen molar-refractivity contribution in [2.24, 2.45) is 0 Å². The summed E-state index contributed by atoms with van der Waals surface area (Å²) in [4.78, 5) is 13.4. The number of hydrogen-bond acceptors (Lipinski definition) is 4. The first-order valence-corrected chi connectivity index (χ1v) is 8.58. The van der Waals surface area contributed by atoms with Crippen LogP contribution >= 0.6 is 27.3 Å². The zero-order valence-corrected chi connectivity index (χ0v) is 14.9. The van der Waals surface area contributed by atoms with E-state index in [4.69, 9.17) is 9.47 Å². The summed E-state index contributed by atoms with van der Waals surface area (Å²) in [6, 6.07) is 9.26. The van der Waals surface area contributed by atoms with Gasteiger partial charge < -0.3 is 14.8 Å². The van der Waals surface area contributed by atoms with Crippen LogP contribution in [0, 0.1) is 0 Å². The van der Waals surface area contributed by atoms with Crippen LogP contribution < -0.4 is 14.8 Å². The van der Waals surface area contributed by atoms with E-state index in [2.05, 4.69) is 27.3 Å². The van der Waals surface area contributed by atoms with Crippen LogP contribution in [0.15, 0.2) is 34.1 Å². The maximum atomic E-state index is 12.2. The quantitative estimate of drug-likeness (QED) is 0.788. The Morgan fingerprint density at radius 3 is 2.73 bits per heavy atom. The Labute approximate surface area is 142 Å². The van der Waals surface area contributed by atoms with Crippen LogP contribution in [0.3, 0.4) is 0 Å². The Kier molecular flexibility index (Phi) is 6.27. The summed E-state index contributed by atoms with van der Waals surface area (Å²) >= 11 is 5.11. The Hall–Kier alpha value is -1.53. The van der Waals surface area contributed by atoms with Gasteiger partial charge in [0.05, 0.1) is 17.5 Å². The van der Waals surface area contributed by atoms with Gasteiger partial charge >= 0.3 is 0 Å². The Balaban J connectivity index is 1.95. The molecule has 22 heavy (non-hydrogen) atoms. The Bertz CT molecular complexity index is 642. The number of carbonyl (C=O) groups excluding carboxylic acids is 1. The zero-order valence-electron chi connectivity index (χ0n) is 12.5. The second-order valence-electron chi connectivity index (χ2n) is 4.51. The van der Waals surface area contributed by atoms with Gasteiger partial charge in [0.1, 0.15) is 0 Å². The molecular formula is C16H18BrNO3S. The molecule has 2 rings (SSSR count). The number of nitrogens with one attached hydrogen (secondary N) is 1. The van der Waals surface area contributed by atoms with Gasteiger partial charge in [0.15, 0.2) is 11.5 Å². The molecule has 0 atom stereocenters. The van der Waals surface area contributed by atoms with Crippen LogP contribution in [0.1, 0.15) is 22.2 Å². The topological polar surface area (TPSA) is 47.6 Å². The van der Waals surface area contributed by atoms with Crippen LogP contribution in [0.4, 0.5) is 0 Å². The van der Waals surface area contributed by atoms with E-state index >= 15 is 0 Å². The molecule has 1 aromatic heterocycles. The lowest BCUT2D eigenvalue weighted by atomic mass is 10.2. The third kappa shape index (κ3) is 4.48. The maximum Gasteiger partial charge on any atom is 0.251 e. The molecule has 6 heteroatoms. The molecule has 0 fully saturated rings. The van der Waals surface area contributed by atoms with Gasteiger partial charge in [-0.25, -0.2) is 0 Å². The van der Waals surface area contributed by atoms with Gasteiger partial charge in [-0.1, -0.05) is 0 Å². The molecule has 1 N–H and O–H groups in total. The highest BCUT2D eigenvalue weighted by molar-refractivity contribution is 9.11. The molecule has 0 spiro atoms. The number of ether oxygens (including phenoxy) is 2. The molecule has 0 bridgehead atoms. The molecule has 1 amide bonds. The molecule has 4 nitrogen and oxygen atoms in total. The molecule has 0 aliphatic carbocycles. The van der Waals surface area contributed by atoms with Crippen LogP contribution in [0.2, 0.25) is 0 Å². The van der Waals surface area contributed by atoms with Crippen molar-refractivity contribution in [2.45, 2.75) is 13.3 Å². The van der Waals surface area contributed by atoms with Crippen molar-refractivity contribution < 1.29 is 14.3 Å². The average Bonchev–Trinajstić information content (AvgIpc) is 2.93. The van der Waals surface area contributed by atoms with E-state index in [1.807, 2.05) is 13.0 Å². The zero-order chi connectivity index (χ0) is 15.9. The standard InChI is InChI=1S/C16H18BrNO3S/c1-3-21-14-10-11(4-6-13(14)20-2)16(19)18-9-8-12-5-7-15(17)22-12/h4-7,10H,3,8-9H2,1-2H3,(H,18,19). The summed E-state index contributed by atoms with van der Waals surface area (Å²) in [5, 5.41) is 2.92. The number of hydrogen-bond donors (Lipinski definition) is 1. The van der Waals surface area contributed by atoms with Gasteiger partial charge in [-0.2, -0.15) is 0 Å². The van der Waals surface area contributed by atoms with E-state index in [9.17, 15) is 4.79 Å². The largest absolute Gasteiger partial charge is 0.493 e. The van der Waals surface area contributed by atoms with Gasteiger partial charge in [0.2, 0.25) is 0 Å². The lowest BCUT2D eigenvalue weighted by molar-refractivity contribution is 0.0953. The summed E-state index contributed by atoms with van der Waals surface area (Å²) in [5.41, 5.74) is 0.566. The van der Waals surface area contributed by atoms with Crippen molar-refractivity contribution in [1.29, 1.82) is 0 Å². The number of thiophene rings is 1. The molecule has 0 aliphatic heterocycles. The molecule has 0 aliphatic rings. The smallest absolute Gasteiger partial charge is 0.251 e. The lowest BCUT2D eigenvalue weighted by Gasteiger charge is -2.11. The van der Waals surface area contributed by atoms with Crippen LogP contribution in [-0.2, 0) is 6.42 Å². The van der Waals surface area contributed by atoms with Crippen molar-refractivity contribution in [2.75, 3.05) is 20.3 Å². The van der Waals surface area contributed by atoms with Gasteiger partial charge in [0, 0.05) is 17.0 Å². The second kappa shape index (κ2) is 8.19. The normalized spacial score (nSPS) is 10.3. The summed E-state index contributed by atoms with van der Waals surface area (Å²) in [6.45, 7) is 3.02. The van der Waals surface area contributed by atoms with Crippen LogP contribution in [0.25, 0.3) is 0 Å². The van der Waals surface area contributed by atoms with Crippen molar-refractivity contribution >= 4 is 33.2 Å². The SMILES string of the molecule is CCOc1cc(C(=O)NCCc2ccc(Br)s2)ccc1OC. The number of amides is 1. The van der Waals surface area contributed by atoms with E-state index in [0.717, 1.165) is 10.2 Å². The highest BCUT2D eigenvalue weighted by atomic mass is 79.9. The van der Waals surface area contributed by atoms with Crippen molar-refractivity contribution in [3.63, 3.8) is 0 Å². The van der Waals surface area contributed by atoms with Crippen molar-refractivity contribution in [1.82, 2.24) is 5.32 Å².